The van der Waals surface area contributed by atoms with E-state index in [-0.39, 0.29) is 23.9 Å². The molecule has 7 heteroatoms. The molecule has 1 amide bonds. The van der Waals surface area contributed by atoms with Crippen LogP contribution in [0.5, 0.6) is 11.5 Å². The van der Waals surface area contributed by atoms with Crippen LogP contribution in [-0.4, -0.2) is 32.4 Å². The quantitative estimate of drug-likeness (QED) is 0.545. The fourth-order valence-corrected chi connectivity index (χ4v) is 4.05. The summed E-state index contributed by atoms with van der Waals surface area (Å²) in [7, 11) is 3.19. The summed E-state index contributed by atoms with van der Waals surface area (Å²) in [6.45, 7) is 0. The Bertz CT molecular complexity index is 899. The summed E-state index contributed by atoms with van der Waals surface area (Å²) < 4.78 is 10.6. The van der Waals surface area contributed by atoms with Crippen LogP contribution in [0.4, 0.5) is 0 Å². The van der Waals surface area contributed by atoms with Crippen LogP contribution in [-0.2, 0) is 11.2 Å². The first-order valence-electron chi connectivity index (χ1n) is 9.35. The number of benzene rings is 2. The Kier molecular flexibility index (Phi) is 5.27. The van der Waals surface area contributed by atoms with Gasteiger partial charge in [-0.3, -0.25) is 4.79 Å². The lowest BCUT2D eigenvalue weighted by Gasteiger charge is -2.29. The van der Waals surface area contributed by atoms with Crippen LogP contribution in [0.25, 0.3) is 0 Å². The molecular formula is C21H24N4O3. The molecule has 2 aromatic carbocycles. The van der Waals surface area contributed by atoms with Crippen molar-refractivity contribution in [3.05, 3.63) is 59.2 Å². The van der Waals surface area contributed by atoms with Crippen molar-refractivity contribution in [1.82, 2.24) is 16.3 Å². The van der Waals surface area contributed by atoms with Gasteiger partial charge in [0.2, 0.25) is 0 Å². The average Bonchev–Trinajstić information content (AvgIpc) is 3.18. The average molecular weight is 380 g/mol. The van der Waals surface area contributed by atoms with Crippen LogP contribution in [0, 0.1) is 5.92 Å². The number of aryl methyl sites for hydroxylation is 1. The topological polar surface area (TPSA) is 84.0 Å². The molecule has 0 saturated carbocycles. The summed E-state index contributed by atoms with van der Waals surface area (Å²) in [4.78, 5) is 12.7. The van der Waals surface area contributed by atoms with Gasteiger partial charge in [-0.15, -0.1) is 0 Å². The van der Waals surface area contributed by atoms with Crippen molar-refractivity contribution in [3.8, 4) is 11.5 Å². The van der Waals surface area contributed by atoms with E-state index in [4.69, 9.17) is 9.47 Å². The van der Waals surface area contributed by atoms with Crippen LogP contribution in [0.1, 0.15) is 29.2 Å². The summed E-state index contributed by atoms with van der Waals surface area (Å²) in [5, 5.41) is 4.12. The standard InChI is InChI=1S/C21H24N4O3/c1-27-15-8-10-18(28-2)14(11-15)12-22-25-21(26)20-17-9-7-13-5-3-4-6-16(13)19(17)23-24-20/h3-6,8,10-12,17,19-20,23-24H,7,9H2,1-2H3,(H,25,26)/b22-12+. The van der Waals surface area contributed by atoms with Crippen molar-refractivity contribution in [2.45, 2.75) is 24.9 Å². The van der Waals surface area contributed by atoms with E-state index < -0.39 is 0 Å². The molecular weight excluding hydrogens is 356 g/mol. The zero-order valence-corrected chi connectivity index (χ0v) is 15.9. The van der Waals surface area contributed by atoms with E-state index in [1.807, 2.05) is 12.1 Å². The molecule has 28 heavy (non-hydrogen) atoms. The molecule has 0 spiro atoms. The first-order valence-corrected chi connectivity index (χ1v) is 9.35. The Morgan fingerprint density at radius 3 is 2.86 bits per heavy atom. The molecule has 0 aromatic heterocycles. The Hall–Kier alpha value is -2.90. The maximum atomic E-state index is 12.7. The summed E-state index contributed by atoms with van der Waals surface area (Å²) in [6, 6.07) is 13.6. The van der Waals surface area contributed by atoms with Gasteiger partial charge in [0.15, 0.2) is 0 Å². The van der Waals surface area contributed by atoms with Crippen LogP contribution >= 0.6 is 0 Å². The SMILES string of the molecule is COc1ccc(OC)c(/C=N/NC(=O)C2NNC3c4ccccc4CCC23)c1. The van der Waals surface area contributed by atoms with E-state index in [1.54, 1.807) is 32.6 Å². The van der Waals surface area contributed by atoms with Gasteiger partial charge in [-0.05, 0) is 42.2 Å². The van der Waals surface area contributed by atoms with Gasteiger partial charge < -0.3 is 9.47 Å². The van der Waals surface area contributed by atoms with Crippen molar-refractivity contribution in [1.29, 1.82) is 0 Å². The van der Waals surface area contributed by atoms with Crippen LogP contribution < -0.4 is 25.8 Å². The number of hydrazine groups is 1. The number of carbonyl (C=O) groups excluding carboxylic acids is 1. The molecule has 1 aliphatic carbocycles. The molecule has 3 unspecified atom stereocenters. The summed E-state index contributed by atoms with van der Waals surface area (Å²) in [5.41, 5.74) is 12.4. The highest BCUT2D eigenvalue weighted by atomic mass is 16.5. The third-order valence-corrected chi connectivity index (χ3v) is 5.49. The first-order chi connectivity index (χ1) is 13.7. The van der Waals surface area contributed by atoms with Gasteiger partial charge in [-0.25, -0.2) is 16.3 Å². The molecule has 3 atom stereocenters. The largest absolute Gasteiger partial charge is 0.497 e. The molecule has 1 saturated heterocycles. The number of methoxy groups -OCH3 is 2. The van der Waals surface area contributed by atoms with Gasteiger partial charge in [-0.1, -0.05) is 24.3 Å². The summed E-state index contributed by atoms with van der Waals surface area (Å²) in [5.74, 6) is 1.39. The highest BCUT2D eigenvalue weighted by molar-refractivity contribution is 5.87. The van der Waals surface area contributed by atoms with E-state index in [1.165, 1.54) is 11.1 Å². The molecule has 4 rings (SSSR count). The normalized spacial score (nSPS) is 23.1. The molecule has 1 heterocycles. The van der Waals surface area contributed by atoms with E-state index in [0.717, 1.165) is 18.4 Å². The zero-order valence-electron chi connectivity index (χ0n) is 15.9. The van der Waals surface area contributed by atoms with Crippen molar-refractivity contribution in [2.24, 2.45) is 11.0 Å². The van der Waals surface area contributed by atoms with E-state index in [2.05, 4.69) is 39.6 Å². The van der Waals surface area contributed by atoms with Crippen LogP contribution in [0.15, 0.2) is 47.6 Å². The number of hydrogen-bond donors (Lipinski definition) is 3. The number of nitrogens with one attached hydrogen (secondary N) is 3. The molecule has 2 aromatic rings. The third-order valence-electron chi connectivity index (χ3n) is 5.49. The highest BCUT2D eigenvalue weighted by Crippen LogP contribution is 2.38. The van der Waals surface area contributed by atoms with Gasteiger partial charge in [0, 0.05) is 11.5 Å². The molecule has 0 bridgehead atoms. The predicted octanol–water partition coefficient (Wildman–Crippen LogP) is 1.93. The zero-order chi connectivity index (χ0) is 19.5. The van der Waals surface area contributed by atoms with Gasteiger partial charge in [0.1, 0.15) is 17.5 Å². The van der Waals surface area contributed by atoms with Crippen molar-refractivity contribution in [2.75, 3.05) is 14.2 Å². The number of nitrogens with zero attached hydrogens (tertiary/aromatic N) is 1. The lowest BCUT2D eigenvalue weighted by Crippen LogP contribution is -2.44. The van der Waals surface area contributed by atoms with Gasteiger partial charge in [0.25, 0.3) is 5.91 Å². The number of amides is 1. The smallest absolute Gasteiger partial charge is 0.258 e. The van der Waals surface area contributed by atoms with Gasteiger partial charge in [-0.2, -0.15) is 5.10 Å². The van der Waals surface area contributed by atoms with Gasteiger partial charge in [0.05, 0.1) is 26.5 Å². The van der Waals surface area contributed by atoms with Crippen molar-refractivity contribution < 1.29 is 14.3 Å². The van der Waals surface area contributed by atoms with Gasteiger partial charge >= 0.3 is 0 Å². The maximum Gasteiger partial charge on any atom is 0.258 e. The molecule has 3 N–H and O–H groups in total. The molecule has 1 fully saturated rings. The fraction of sp³-hybridized carbons (Fsp3) is 0.333. The predicted molar refractivity (Wildman–Crippen MR) is 106 cm³/mol. The van der Waals surface area contributed by atoms with Crippen LogP contribution in [0.2, 0.25) is 0 Å². The summed E-state index contributed by atoms with van der Waals surface area (Å²) in [6.07, 6.45) is 3.50. The second kappa shape index (κ2) is 8.00. The fourth-order valence-electron chi connectivity index (χ4n) is 4.05. The first kappa shape index (κ1) is 18.5. The number of ether oxygens (including phenoxy) is 2. The van der Waals surface area contributed by atoms with Crippen molar-refractivity contribution >= 4 is 12.1 Å². The maximum absolute atomic E-state index is 12.7. The minimum Gasteiger partial charge on any atom is -0.497 e. The lowest BCUT2D eigenvalue weighted by atomic mass is 9.77. The van der Waals surface area contributed by atoms with E-state index in [0.29, 0.717) is 11.5 Å². The van der Waals surface area contributed by atoms with Crippen LogP contribution in [0.3, 0.4) is 0 Å². The minimum absolute atomic E-state index is 0.142. The number of hydrogen-bond acceptors (Lipinski definition) is 6. The number of carbonyl (C=O) groups is 1. The second-order valence-electron chi connectivity index (χ2n) is 6.99. The number of hydrazone groups is 1. The monoisotopic (exact) mass is 380 g/mol. The minimum atomic E-state index is -0.331. The Labute approximate surface area is 164 Å². The highest BCUT2D eigenvalue weighted by Gasteiger charge is 2.43. The lowest BCUT2D eigenvalue weighted by molar-refractivity contribution is -0.123. The Balaban J connectivity index is 1.44. The molecule has 2 aliphatic rings. The Morgan fingerprint density at radius 1 is 1.18 bits per heavy atom. The molecule has 146 valence electrons. The van der Waals surface area contributed by atoms with E-state index in [9.17, 15) is 4.79 Å². The molecule has 7 nitrogen and oxygen atoms in total. The third kappa shape index (κ3) is 3.46. The van der Waals surface area contributed by atoms with Crippen molar-refractivity contribution in [3.63, 3.8) is 0 Å². The number of rotatable bonds is 5. The number of fused-ring (bicyclic) bond motifs is 3. The van der Waals surface area contributed by atoms with E-state index >= 15 is 0 Å². The molecule has 1 aliphatic heterocycles. The summed E-state index contributed by atoms with van der Waals surface area (Å²) >= 11 is 0. The molecule has 0 radical (unpaired) electrons. The Morgan fingerprint density at radius 2 is 2.04 bits per heavy atom. The second-order valence-corrected chi connectivity index (χ2v) is 6.99.